The first-order valence-electron chi connectivity index (χ1n) is 7.33. The summed E-state index contributed by atoms with van der Waals surface area (Å²) in [6, 6.07) is 14.4. The molecular weight excluding hydrogens is 374 g/mol. The molecule has 0 radical (unpaired) electrons. The number of halogens is 1. The molecule has 0 atom stereocenters. The van der Waals surface area contributed by atoms with Gasteiger partial charge in [0.15, 0.2) is 0 Å². The van der Waals surface area contributed by atoms with Crippen molar-refractivity contribution in [1.29, 1.82) is 0 Å². The van der Waals surface area contributed by atoms with E-state index < -0.39 is 15.6 Å². The summed E-state index contributed by atoms with van der Waals surface area (Å²) in [4.78, 5) is 0.288. The zero-order valence-electron chi connectivity index (χ0n) is 13.2. The van der Waals surface area contributed by atoms with Crippen LogP contribution in [0.1, 0.15) is 26.3 Å². The molecule has 0 N–H and O–H groups in total. The molecular formula is C18H18BrNO2S. The Bertz CT molecular complexity index is 883. The minimum atomic E-state index is -3.66. The molecule has 23 heavy (non-hydrogen) atoms. The van der Waals surface area contributed by atoms with Gasteiger partial charge in [-0.1, -0.05) is 40.2 Å². The number of rotatable bonds is 2. The molecule has 0 fully saturated rings. The maximum Gasteiger partial charge on any atom is 0.265 e. The van der Waals surface area contributed by atoms with Gasteiger partial charge in [0.2, 0.25) is 0 Å². The molecule has 0 bridgehead atoms. The van der Waals surface area contributed by atoms with Crippen molar-refractivity contribution < 1.29 is 8.42 Å². The lowest BCUT2D eigenvalue weighted by molar-refractivity contribution is 0.561. The van der Waals surface area contributed by atoms with E-state index in [0.717, 1.165) is 21.3 Å². The van der Waals surface area contributed by atoms with Crippen LogP contribution in [-0.2, 0) is 10.0 Å². The molecule has 2 aromatic carbocycles. The molecule has 3 rings (SSSR count). The molecule has 0 amide bonds. The second kappa shape index (κ2) is 5.49. The van der Waals surface area contributed by atoms with E-state index in [0.29, 0.717) is 0 Å². The molecule has 0 saturated carbocycles. The van der Waals surface area contributed by atoms with Crippen LogP contribution in [0.4, 0.5) is 5.69 Å². The molecule has 0 aromatic heterocycles. The number of para-hydroxylation sites is 1. The minimum Gasteiger partial charge on any atom is -0.256 e. The van der Waals surface area contributed by atoms with E-state index in [1.165, 1.54) is 4.31 Å². The fourth-order valence-electron chi connectivity index (χ4n) is 3.11. The Morgan fingerprint density at radius 3 is 2.26 bits per heavy atom. The van der Waals surface area contributed by atoms with Crippen molar-refractivity contribution in [1.82, 2.24) is 0 Å². The van der Waals surface area contributed by atoms with Crippen molar-refractivity contribution in [3.8, 4) is 0 Å². The summed E-state index contributed by atoms with van der Waals surface area (Å²) in [5.74, 6) is 0. The van der Waals surface area contributed by atoms with E-state index >= 15 is 0 Å². The van der Waals surface area contributed by atoms with Crippen LogP contribution in [0.2, 0.25) is 0 Å². The molecule has 1 aliphatic rings. The third-order valence-corrected chi connectivity index (χ3v) is 6.54. The number of sulfonamides is 1. The third kappa shape index (κ3) is 2.72. The van der Waals surface area contributed by atoms with Crippen molar-refractivity contribution in [3.63, 3.8) is 0 Å². The first kappa shape index (κ1) is 16.3. The van der Waals surface area contributed by atoms with Crippen LogP contribution in [0.15, 0.2) is 64.0 Å². The Morgan fingerprint density at radius 2 is 1.61 bits per heavy atom. The van der Waals surface area contributed by atoms with E-state index in [4.69, 9.17) is 0 Å². The molecule has 1 heterocycles. The van der Waals surface area contributed by atoms with Crippen molar-refractivity contribution in [3.05, 3.63) is 64.6 Å². The fourth-order valence-corrected chi connectivity index (χ4v) is 5.16. The molecule has 0 spiro atoms. The van der Waals surface area contributed by atoms with Crippen LogP contribution in [-0.4, -0.2) is 14.0 Å². The predicted molar refractivity (Wildman–Crippen MR) is 98.0 cm³/mol. The van der Waals surface area contributed by atoms with Gasteiger partial charge in [0, 0.05) is 10.0 Å². The average Bonchev–Trinajstić information content (AvgIpc) is 2.46. The van der Waals surface area contributed by atoms with Gasteiger partial charge in [-0.15, -0.1) is 0 Å². The lowest BCUT2D eigenvalue weighted by Crippen LogP contribution is -2.48. The van der Waals surface area contributed by atoms with Gasteiger partial charge in [0.05, 0.1) is 16.1 Å². The van der Waals surface area contributed by atoms with Crippen LogP contribution in [0.5, 0.6) is 0 Å². The molecule has 1 aliphatic heterocycles. The Kier molecular flexibility index (Phi) is 3.89. The minimum absolute atomic E-state index is 0.288. The van der Waals surface area contributed by atoms with Gasteiger partial charge in [-0.3, -0.25) is 4.31 Å². The largest absolute Gasteiger partial charge is 0.265 e. The van der Waals surface area contributed by atoms with Crippen molar-refractivity contribution in [2.24, 2.45) is 0 Å². The molecule has 120 valence electrons. The van der Waals surface area contributed by atoms with Crippen LogP contribution >= 0.6 is 15.9 Å². The molecule has 0 aliphatic carbocycles. The molecule has 0 saturated heterocycles. The van der Waals surface area contributed by atoms with E-state index in [-0.39, 0.29) is 4.90 Å². The number of anilines is 1. The second-order valence-electron chi connectivity index (χ2n) is 6.22. The van der Waals surface area contributed by atoms with Gasteiger partial charge in [-0.05, 0) is 56.7 Å². The number of nitrogens with zero attached hydrogens (tertiary/aromatic N) is 1. The van der Waals surface area contributed by atoms with Crippen molar-refractivity contribution in [2.45, 2.75) is 31.2 Å². The van der Waals surface area contributed by atoms with Crippen molar-refractivity contribution in [2.75, 3.05) is 4.31 Å². The molecule has 0 unspecified atom stereocenters. The highest BCUT2D eigenvalue weighted by Crippen LogP contribution is 2.42. The summed E-state index contributed by atoms with van der Waals surface area (Å²) in [5, 5.41) is 0. The van der Waals surface area contributed by atoms with Gasteiger partial charge in [-0.2, -0.15) is 0 Å². The Hall–Kier alpha value is -1.59. The summed E-state index contributed by atoms with van der Waals surface area (Å²) in [5.41, 5.74) is 2.13. The summed E-state index contributed by atoms with van der Waals surface area (Å²) in [6.07, 6.45) is 2.01. The van der Waals surface area contributed by atoms with Gasteiger partial charge >= 0.3 is 0 Å². The highest BCUT2D eigenvalue weighted by molar-refractivity contribution is 9.10. The van der Waals surface area contributed by atoms with E-state index in [1.54, 1.807) is 24.3 Å². The quantitative estimate of drug-likeness (QED) is 0.734. The smallest absolute Gasteiger partial charge is 0.256 e. The van der Waals surface area contributed by atoms with E-state index in [1.807, 2.05) is 51.1 Å². The summed E-state index contributed by atoms with van der Waals surface area (Å²) in [7, 11) is -3.66. The monoisotopic (exact) mass is 391 g/mol. The second-order valence-corrected chi connectivity index (χ2v) is 8.92. The van der Waals surface area contributed by atoms with Gasteiger partial charge in [-0.25, -0.2) is 8.42 Å². The predicted octanol–water partition coefficient (Wildman–Crippen LogP) is 4.84. The molecule has 5 heteroatoms. The number of hydrogen-bond acceptors (Lipinski definition) is 2. The number of allylic oxidation sites excluding steroid dienone is 1. The van der Waals surface area contributed by atoms with Crippen molar-refractivity contribution >= 4 is 37.2 Å². The molecule has 2 aromatic rings. The SMILES string of the molecule is CC1=CC(C)(C)N(S(=O)(=O)c2ccc(Br)cc2)c2ccccc21. The number of fused-ring (bicyclic) bond motifs is 1. The van der Waals surface area contributed by atoms with Crippen LogP contribution in [0.25, 0.3) is 5.57 Å². The Morgan fingerprint density at radius 1 is 1.00 bits per heavy atom. The van der Waals surface area contributed by atoms with E-state index in [9.17, 15) is 8.42 Å². The van der Waals surface area contributed by atoms with Gasteiger partial charge in [0.25, 0.3) is 10.0 Å². The number of hydrogen-bond donors (Lipinski definition) is 0. The first-order chi connectivity index (χ1) is 10.7. The standard InChI is InChI=1S/C18H18BrNO2S/c1-13-12-18(2,3)20(17-7-5-4-6-16(13)17)23(21,22)15-10-8-14(19)9-11-15/h4-12H,1-3H3. The maximum absolute atomic E-state index is 13.3. The third-order valence-electron chi connectivity index (χ3n) is 3.99. The van der Waals surface area contributed by atoms with Gasteiger partial charge < -0.3 is 0 Å². The summed E-state index contributed by atoms with van der Waals surface area (Å²) >= 11 is 3.35. The Labute approximate surface area is 145 Å². The normalized spacial score (nSPS) is 16.7. The van der Waals surface area contributed by atoms with E-state index in [2.05, 4.69) is 15.9 Å². The molecule has 3 nitrogen and oxygen atoms in total. The average molecular weight is 392 g/mol. The summed E-state index contributed by atoms with van der Waals surface area (Å²) < 4.78 is 28.9. The highest BCUT2D eigenvalue weighted by atomic mass is 79.9. The zero-order chi connectivity index (χ0) is 16.8. The zero-order valence-corrected chi connectivity index (χ0v) is 15.6. The topological polar surface area (TPSA) is 37.4 Å². The van der Waals surface area contributed by atoms with Crippen LogP contribution < -0.4 is 4.31 Å². The Balaban J connectivity index is 2.23. The maximum atomic E-state index is 13.3. The lowest BCUT2D eigenvalue weighted by Gasteiger charge is -2.41. The fraction of sp³-hybridized carbons (Fsp3) is 0.222. The van der Waals surface area contributed by atoms with Crippen LogP contribution in [0.3, 0.4) is 0 Å². The summed E-state index contributed by atoms with van der Waals surface area (Å²) in [6.45, 7) is 5.86. The van der Waals surface area contributed by atoms with Crippen LogP contribution in [0, 0.1) is 0 Å². The lowest BCUT2D eigenvalue weighted by atomic mass is 9.91. The highest BCUT2D eigenvalue weighted by Gasteiger charge is 2.39. The first-order valence-corrected chi connectivity index (χ1v) is 9.57. The van der Waals surface area contributed by atoms with Gasteiger partial charge in [0.1, 0.15) is 0 Å². The number of benzene rings is 2.